The Morgan fingerprint density at radius 2 is 2.20 bits per heavy atom. The van der Waals surface area contributed by atoms with Crippen LogP contribution in [-0.2, 0) is 4.79 Å². The van der Waals surface area contributed by atoms with Gasteiger partial charge < -0.3 is 16.2 Å². The fourth-order valence-electron chi connectivity index (χ4n) is 1.36. The van der Waals surface area contributed by atoms with Crippen LogP contribution in [0.4, 0.5) is 0 Å². The molecule has 0 fully saturated rings. The maximum absolute atomic E-state index is 11.5. The van der Waals surface area contributed by atoms with E-state index in [0.29, 0.717) is 19.0 Å². The third-order valence-corrected chi connectivity index (χ3v) is 2.63. The molecule has 0 aromatic rings. The zero-order chi connectivity index (χ0) is 11.7. The highest BCUT2D eigenvalue weighted by molar-refractivity contribution is 5.78. The normalized spacial score (nSPS) is 14.7. The van der Waals surface area contributed by atoms with Gasteiger partial charge in [0.15, 0.2) is 0 Å². The van der Waals surface area contributed by atoms with E-state index in [2.05, 4.69) is 5.32 Å². The largest absolute Gasteiger partial charge is 0.396 e. The van der Waals surface area contributed by atoms with Gasteiger partial charge in [0.05, 0.1) is 0 Å². The van der Waals surface area contributed by atoms with Crippen LogP contribution in [0.2, 0.25) is 0 Å². The highest BCUT2D eigenvalue weighted by Crippen LogP contribution is 2.03. The summed E-state index contributed by atoms with van der Waals surface area (Å²) in [6.07, 6.45) is 2.64. The Bertz CT molecular complexity index is 170. The molecule has 0 radical (unpaired) electrons. The van der Waals surface area contributed by atoms with E-state index in [9.17, 15) is 4.79 Å². The maximum atomic E-state index is 11.5. The number of hydrogen-bond acceptors (Lipinski definition) is 3. The van der Waals surface area contributed by atoms with Crippen molar-refractivity contribution in [3.63, 3.8) is 0 Å². The third kappa shape index (κ3) is 6.47. The lowest BCUT2D eigenvalue weighted by atomic mass is 10.1. The van der Waals surface area contributed by atoms with E-state index in [-0.39, 0.29) is 18.4 Å². The summed E-state index contributed by atoms with van der Waals surface area (Å²) < 4.78 is 0. The molecule has 2 atom stereocenters. The van der Waals surface area contributed by atoms with Crippen molar-refractivity contribution in [2.45, 2.75) is 33.1 Å². The van der Waals surface area contributed by atoms with Crippen molar-refractivity contribution in [3.05, 3.63) is 0 Å². The van der Waals surface area contributed by atoms with Crippen LogP contribution in [0.3, 0.4) is 0 Å². The lowest BCUT2D eigenvalue weighted by Crippen LogP contribution is -2.35. The summed E-state index contributed by atoms with van der Waals surface area (Å²) in [6.45, 7) is 5.27. The number of rotatable bonds is 8. The van der Waals surface area contributed by atoms with Crippen molar-refractivity contribution >= 4 is 5.91 Å². The highest BCUT2D eigenvalue weighted by atomic mass is 16.3. The Morgan fingerprint density at radius 3 is 2.67 bits per heavy atom. The molecule has 0 spiro atoms. The van der Waals surface area contributed by atoms with E-state index in [1.807, 2.05) is 13.8 Å². The average Bonchev–Trinajstić information content (AvgIpc) is 2.25. The van der Waals surface area contributed by atoms with Crippen LogP contribution < -0.4 is 11.1 Å². The predicted octanol–water partition coefficient (Wildman–Crippen LogP) is 0.496. The molecule has 4 nitrogen and oxygen atoms in total. The average molecular weight is 216 g/mol. The Kier molecular flexibility index (Phi) is 8.33. The molecule has 4 heteroatoms. The first-order chi connectivity index (χ1) is 7.15. The van der Waals surface area contributed by atoms with E-state index in [1.165, 1.54) is 0 Å². The number of aliphatic hydroxyl groups is 1. The second-order valence-electron chi connectivity index (χ2n) is 4.06. The molecular weight excluding hydrogens is 192 g/mol. The Morgan fingerprint density at radius 1 is 1.53 bits per heavy atom. The highest BCUT2D eigenvalue weighted by Gasteiger charge is 2.13. The van der Waals surface area contributed by atoms with Gasteiger partial charge in [0.1, 0.15) is 0 Å². The Hall–Kier alpha value is -0.610. The summed E-state index contributed by atoms with van der Waals surface area (Å²) in [4.78, 5) is 11.5. The zero-order valence-corrected chi connectivity index (χ0v) is 9.83. The van der Waals surface area contributed by atoms with Gasteiger partial charge >= 0.3 is 0 Å². The van der Waals surface area contributed by atoms with Gasteiger partial charge in [-0.15, -0.1) is 0 Å². The number of amides is 1. The molecule has 0 aromatic carbocycles. The van der Waals surface area contributed by atoms with E-state index < -0.39 is 0 Å². The van der Waals surface area contributed by atoms with Gasteiger partial charge in [-0.25, -0.2) is 0 Å². The topological polar surface area (TPSA) is 75.4 Å². The number of hydrogen-bond donors (Lipinski definition) is 3. The van der Waals surface area contributed by atoms with Gasteiger partial charge in [0.25, 0.3) is 0 Å². The van der Waals surface area contributed by atoms with Gasteiger partial charge in [-0.05, 0) is 25.2 Å². The minimum absolute atomic E-state index is 0.0525. The van der Waals surface area contributed by atoms with Crippen molar-refractivity contribution in [1.82, 2.24) is 5.32 Å². The number of nitrogens with one attached hydrogen (secondary N) is 1. The molecule has 0 aliphatic heterocycles. The number of carbonyl (C=O) groups excluding carboxylic acids is 1. The Balaban J connectivity index is 3.54. The molecule has 15 heavy (non-hydrogen) atoms. The van der Waals surface area contributed by atoms with E-state index in [1.54, 1.807) is 0 Å². The molecule has 0 aromatic heterocycles. The molecule has 0 aliphatic rings. The zero-order valence-electron chi connectivity index (χ0n) is 9.83. The van der Waals surface area contributed by atoms with Crippen molar-refractivity contribution < 1.29 is 9.90 Å². The second-order valence-corrected chi connectivity index (χ2v) is 4.06. The summed E-state index contributed by atoms with van der Waals surface area (Å²) >= 11 is 0. The first-order valence-corrected chi connectivity index (χ1v) is 5.74. The fraction of sp³-hybridized carbons (Fsp3) is 0.909. The second kappa shape index (κ2) is 8.68. The van der Waals surface area contributed by atoms with Crippen LogP contribution in [0.1, 0.15) is 33.1 Å². The van der Waals surface area contributed by atoms with E-state index in [0.717, 1.165) is 19.3 Å². The van der Waals surface area contributed by atoms with Crippen LogP contribution >= 0.6 is 0 Å². The predicted molar refractivity (Wildman–Crippen MR) is 61.3 cm³/mol. The van der Waals surface area contributed by atoms with Crippen LogP contribution in [0.15, 0.2) is 0 Å². The molecule has 0 aliphatic carbocycles. The first-order valence-electron chi connectivity index (χ1n) is 5.74. The molecule has 4 N–H and O–H groups in total. The number of nitrogens with two attached hydrogens (primary N) is 1. The van der Waals surface area contributed by atoms with Gasteiger partial charge in [0, 0.05) is 25.6 Å². The Labute approximate surface area is 92.2 Å². The van der Waals surface area contributed by atoms with Crippen LogP contribution in [0, 0.1) is 11.8 Å². The smallest absolute Gasteiger partial charge is 0.224 e. The SMILES string of the molecule is CCC(CN)C(=O)NCCCC(C)CO. The third-order valence-electron chi connectivity index (χ3n) is 2.63. The summed E-state index contributed by atoms with van der Waals surface area (Å²) in [5.41, 5.74) is 5.46. The molecule has 0 saturated carbocycles. The van der Waals surface area contributed by atoms with E-state index in [4.69, 9.17) is 10.8 Å². The van der Waals surface area contributed by atoms with E-state index >= 15 is 0 Å². The quantitative estimate of drug-likeness (QED) is 0.517. The van der Waals surface area contributed by atoms with Gasteiger partial charge in [-0.2, -0.15) is 0 Å². The summed E-state index contributed by atoms with van der Waals surface area (Å²) in [5, 5.41) is 11.7. The fourth-order valence-corrected chi connectivity index (χ4v) is 1.36. The minimum atomic E-state index is -0.0553. The molecular formula is C11H24N2O2. The number of aliphatic hydroxyl groups excluding tert-OH is 1. The van der Waals surface area contributed by atoms with Crippen LogP contribution in [0.25, 0.3) is 0 Å². The molecule has 2 unspecified atom stereocenters. The summed E-state index contributed by atoms with van der Waals surface area (Å²) in [7, 11) is 0. The lowest BCUT2D eigenvalue weighted by Gasteiger charge is -2.13. The first kappa shape index (κ1) is 14.4. The minimum Gasteiger partial charge on any atom is -0.396 e. The van der Waals surface area contributed by atoms with Gasteiger partial charge in [-0.3, -0.25) is 4.79 Å². The van der Waals surface area contributed by atoms with Crippen molar-refractivity contribution in [2.75, 3.05) is 19.7 Å². The van der Waals surface area contributed by atoms with Crippen LogP contribution in [0.5, 0.6) is 0 Å². The summed E-state index contributed by atoms with van der Waals surface area (Å²) in [5.74, 6) is 0.315. The molecule has 0 bridgehead atoms. The monoisotopic (exact) mass is 216 g/mol. The van der Waals surface area contributed by atoms with Crippen molar-refractivity contribution in [2.24, 2.45) is 17.6 Å². The van der Waals surface area contributed by atoms with Crippen molar-refractivity contribution in [1.29, 1.82) is 0 Å². The standard InChI is InChI=1S/C11H24N2O2/c1-3-10(7-12)11(15)13-6-4-5-9(2)8-14/h9-10,14H,3-8,12H2,1-2H3,(H,13,15). The van der Waals surface area contributed by atoms with Gasteiger partial charge in [-0.1, -0.05) is 13.8 Å². The molecule has 1 amide bonds. The van der Waals surface area contributed by atoms with Crippen molar-refractivity contribution in [3.8, 4) is 0 Å². The lowest BCUT2D eigenvalue weighted by molar-refractivity contribution is -0.124. The van der Waals surface area contributed by atoms with Crippen LogP contribution in [-0.4, -0.2) is 30.7 Å². The molecule has 0 saturated heterocycles. The summed E-state index contributed by atoms with van der Waals surface area (Å²) in [6, 6.07) is 0. The molecule has 90 valence electrons. The van der Waals surface area contributed by atoms with Gasteiger partial charge in [0.2, 0.25) is 5.91 Å². The molecule has 0 heterocycles. The number of carbonyl (C=O) groups is 1. The maximum Gasteiger partial charge on any atom is 0.224 e. The molecule has 0 rings (SSSR count).